The molecular weight excluding hydrogens is 405 g/mol. The maximum absolute atomic E-state index is 13.1. The molecule has 0 fully saturated rings. The largest absolute Gasteiger partial charge is 0.384 e. The molecule has 0 bridgehead atoms. The number of halogens is 2. The number of hydrogen-bond acceptors (Lipinski definition) is 4. The minimum absolute atomic E-state index is 0.0520. The molecule has 0 amide bonds. The van der Waals surface area contributed by atoms with Crippen LogP contribution in [0.3, 0.4) is 0 Å². The first-order chi connectivity index (χ1) is 13.9. The number of ketones is 1. The minimum Gasteiger partial charge on any atom is -0.384 e. The fraction of sp³-hybridized carbons (Fsp3) is 0.217. The van der Waals surface area contributed by atoms with E-state index in [0.717, 1.165) is 28.9 Å². The van der Waals surface area contributed by atoms with Crippen LogP contribution in [0.1, 0.15) is 36.3 Å². The monoisotopic (exact) mass is 423 g/mol. The lowest BCUT2D eigenvalue weighted by Crippen LogP contribution is -2.39. The van der Waals surface area contributed by atoms with Gasteiger partial charge in [-0.1, -0.05) is 41.4 Å². The van der Waals surface area contributed by atoms with Gasteiger partial charge in [0, 0.05) is 27.7 Å². The van der Waals surface area contributed by atoms with Crippen LogP contribution < -0.4 is 10.6 Å². The van der Waals surface area contributed by atoms with Crippen LogP contribution in [0.5, 0.6) is 0 Å². The normalized spacial score (nSPS) is 19.3. The van der Waals surface area contributed by atoms with Gasteiger partial charge in [-0.3, -0.25) is 9.69 Å². The van der Waals surface area contributed by atoms with E-state index in [1.165, 1.54) is 0 Å². The number of carbonyl (C=O) groups is 1. The summed E-state index contributed by atoms with van der Waals surface area (Å²) in [5, 5.41) is 11.2. The predicted molar refractivity (Wildman–Crippen MR) is 116 cm³/mol. The molecule has 1 heterocycles. The Kier molecular flexibility index (Phi) is 5.12. The summed E-state index contributed by atoms with van der Waals surface area (Å²) in [6, 6.07) is 15.1. The number of benzene rings is 2. The number of nitriles is 1. The first-order valence-electron chi connectivity index (χ1n) is 9.40. The maximum Gasteiger partial charge on any atom is 0.161 e. The smallest absolute Gasteiger partial charge is 0.161 e. The summed E-state index contributed by atoms with van der Waals surface area (Å²) in [7, 11) is 0. The zero-order chi connectivity index (χ0) is 20.7. The summed E-state index contributed by atoms with van der Waals surface area (Å²) >= 11 is 12.4. The number of Topliss-reactive ketones (excluding diaryl/α,β-unsaturated/α-hetero) is 1. The Morgan fingerprint density at radius 3 is 2.55 bits per heavy atom. The fourth-order valence-corrected chi connectivity index (χ4v) is 4.48. The molecule has 4 nitrogen and oxygen atoms in total. The quantitative estimate of drug-likeness (QED) is 0.681. The molecule has 1 atom stereocenters. The fourth-order valence-electron chi connectivity index (χ4n) is 4.19. The topological polar surface area (TPSA) is 70.1 Å². The molecule has 2 N–H and O–H groups in total. The van der Waals surface area contributed by atoms with E-state index >= 15 is 0 Å². The Balaban J connectivity index is 1.99. The molecule has 4 rings (SSSR count). The summed E-state index contributed by atoms with van der Waals surface area (Å²) in [4.78, 5) is 14.9. The van der Waals surface area contributed by atoms with Crippen molar-refractivity contribution in [2.75, 3.05) is 4.90 Å². The van der Waals surface area contributed by atoms with Crippen molar-refractivity contribution in [3.8, 4) is 6.07 Å². The highest BCUT2D eigenvalue weighted by Gasteiger charge is 2.40. The summed E-state index contributed by atoms with van der Waals surface area (Å²) in [5.41, 5.74) is 10.9. The van der Waals surface area contributed by atoms with E-state index in [4.69, 9.17) is 28.9 Å². The van der Waals surface area contributed by atoms with Crippen molar-refractivity contribution in [1.29, 1.82) is 5.26 Å². The summed E-state index contributed by atoms with van der Waals surface area (Å²) in [6.07, 6.45) is 1.91. The standard InChI is InChI=1S/C23H19Cl2N3O/c1-13-17(25)4-2-5-18(13)28-19-6-3-7-20(29)22(19)21(16(12-26)23(28)27)14-8-10-15(24)11-9-14/h2,4-5,8-11,21H,3,6-7,27H2,1H3/t21-/m1/s1. The van der Waals surface area contributed by atoms with Crippen LogP contribution in [-0.2, 0) is 4.79 Å². The molecule has 0 unspecified atom stereocenters. The van der Waals surface area contributed by atoms with Gasteiger partial charge in [-0.05, 0) is 55.2 Å². The van der Waals surface area contributed by atoms with Gasteiger partial charge in [-0.2, -0.15) is 5.26 Å². The van der Waals surface area contributed by atoms with E-state index in [9.17, 15) is 10.1 Å². The van der Waals surface area contributed by atoms with Crippen LogP contribution in [0.2, 0.25) is 10.0 Å². The number of rotatable bonds is 2. The van der Waals surface area contributed by atoms with Gasteiger partial charge in [0.1, 0.15) is 5.82 Å². The first-order valence-corrected chi connectivity index (χ1v) is 10.2. The molecule has 0 saturated heterocycles. The van der Waals surface area contributed by atoms with Crippen molar-refractivity contribution in [3.63, 3.8) is 0 Å². The van der Waals surface area contributed by atoms with E-state index in [-0.39, 0.29) is 5.78 Å². The Morgan fingerprint density at radius 2 is 1.86 bits per heavy atom. The molecule has 29 heavy (non-hydrogen) atoms. The van der Waals surface area contributed by atoms with Gasteiger partial charge < -0.3 is 5.73 Å². The predicted octanol–water partition coefficient (Wildman–Crippen LogP) is 5.61. The first kappa shape index (κ1) is 19.6. The van der Waals surface area contributed by atoms with Crippen LogP contribution in [0.25, 0.3) is 0 Å². The Bertz CT molecular complexity index is 1110. The van der Waals surface area contributed by atoms with Gasteiger partial charge in [0.25, 0.3) is 0 Å². The van der Waals surface area contributed by atoms with Gasteiger partial charge in [-0.15, -0.1) is 0 Å². The Morgan fingerprint density at radius 1 is 1.14 bits per heavy atom. The number of allylic oxidation sites excluding steroid dienone is 3. The SMILES string of the molecule is Cc1c(Cl)cccc1N1C(N)=C(C#N)[C@@H](c2ccc(Cl)cc2)C2=C1CCCC2=O. The van der Waals surface area contributed by atoms with Crippen molar-refractivity contribution >= 4 is 34.7 Å². The molecule has 0 spiro atoms. The molecule has 2 aliphatic rings. The highest BCUT2D eigenvalue weighted by Crippen LogP contribution is 2.47. The summed E-state index contributed by atoms with van der Waals surface area (Å²) in [6.45, 7) is 1.91. The van der Waals surface area contributed by atoms with Gasteiger partial charge in [-0.25, -0.2) is 0 Å². The molecule has 0 radical (unpaired) electrons. The second kappa shape index (κ2) is 7.59. The lowest BCUT2D eigenvalue weighted by Gasteiger charge is -2.40. The minimum atomic E-state index is -0.490. The molecular formula is C23H19Cl2N3O. The summed E-state index contributed by atoms with van der Waals surface area (Å²) < 4.78 is 0. The lowest BCUT2D eigenvalue weighted by molar-refractivity contribution is -0.116. The number of nitrogens with zero attached hydrogens (tertiary/aromatic N) is 2. The molecule has 1 aliphatic carbocycles. The van der Waals surface area contributed by atoms with E-state index in [2.05, 4.69) is 6.07 Å². The van der Waals surface area contributed by atoms with E-state index < -0.39 is 5.92 Å². The molecule has 2 aromatic carbocycles. The molecule has 0 saturated carbocycles. The van der Waals surface area contributed by atoms with Crippen molar-refractivity contribution < 1.29 is 4.79 Å². The molecule has 146 valence electrons. The average Bonchev–Trinajstić information content (AvgIpc) is 2.71. The van der Waals surface area contributed by atoms with Gasteiger partial charge >= 0.3 is 0 Å². The summed E-state index contributed by atoms with van der Waals surface area (Å²) in [5.74, 6) is -0.0989. The van der Waals surface area contributed by atoms with Crippen LogP contribution in [0, 0.1) is 18.3 Å². The van der Waals surface area contributed by atoms with Crippen LogP contribution in [0.15, 0.2) is 65.1 Å². The second-order valence-corrected chi connectivity index (χ2v) is 8.10. The third kappa shape index (κ3) is 3.21. The highest BCUT2D eigenvalue weighted by molar-refractivity contribution is 6.31. The van der Waals surface area contributed by atoms with Crippen LogP contribution in [-0.4, -0.2) is 5.78 Å². The van der Waals surface area contributed by atoms with Crippen molar-refractivity contribution in [3.05, 3.63) is 86.3 Å². The Hall–Kier alpha value is -2.74. The molecule has 6 heteroatoms. The van der Waals surface area contributed by atoms with Gasteiger partial charge in [0.2, 0.25) is 0 Å². The average molecular weight is 424 g/mol. The maximum atomic E-state index is 13.1. The van der Waals surface area contributed by atoms with Crippen molar-refractivity contribution in [2.45, 2.75) is 32.1 Å². The van der Waals surface area contributed by atoms with E-state index in [1.807, 2.05) is 42.2 Å². The van der Waals surface area contributed by atoms with E-state index in [0.29, 0.717) is 39.9 Å². The van der Waals surface area contributed by atoms with Gasteiger partial charge in [0.15, 0.2) is 5.78 Å². The zero-order valence-electron chi connectivity index (χ0n) is 15.9. The molecule has 0 aromatic heterocycles. The lowest BCUT2D eigenvalue weighted by atomic mass is 9.75. The molecule has 2 aromatic rings. The third-order valence-electron chi connectivity index (χ3n) is 5.60. The van der Waals surface area contributed by atoms with Gasteiger partial charge in [0.05, 0.1) is 23.2 Å². The van der Waals surface area contributed by atoms with Crippen molar-refractivity contribution in [2.24, 2.45) is 5.73 Å². The van der Waals surface area contributed by atoms with Crippen LogP contribution >= 0.6 is 23.2 Å². The number of carbonyl (C=O) groups excluding carboxylic acids is 1. The number of anilines is 1. The molecule has 1 aliphatic heterocycles. The number of hydrogen-bond donors (Lipinski definition) is 1. The van der Waals surface area contributed by atoms with Crippen LogP contribution in [0.4, 0.5) is 5.69 Å². The number of nitrogens with two attached hydrogens (primary N) is 1. The highest BCUT2D eigenvalue weighted by atomic mass is 35.5. The second-order valence-electron chi connectivity index (χ2n) is 7.25. The third-order valence-corrected chi connectivity index (χ3v) is 6.26. The Labute approximate surface area is 179 Å². The van der Waals surface area contributed by atoms with E-state index in [1.54, 1.807) is 12.1 Å². The van der Waals surface area contributed by atoms with Crippen molar-refractivity contribution in [1.82, 2.24) is 0 Å². The zero-order valence-corrected chi connectivity index (χ0v) is 17.4.